The maximum Gasteiger partial charge on any atom is 0.221 e. The summed E-state index contributed by atoms with van der Waals surface area (Å²) in [5.74, 6) is 0.137. The molecule has 2 aliphatic heterocycles. The molecular formula is C15H28N2O3. The van der Waals surface area contributed by atoms with Gasteiger partial charge < -0.3 is 20.1 Å². The summed E-state index contributed by atoms with van der Waals surface area (Å²) in [4.78, 5) is 11.7. The number of hydrogen-bond acceptors (Lipinski definition) is 4. The van der Waals surface area contributed by atoms with Crippen LogP contribution in [0.15, 0.2) is 0 Å². The maximum atomic E-state index is 11.7. The summed E-state index contributed by atoms with van der Waals surface area (Å²) in [6.07, 6.45) is 4.54. The van der Waals surface area contributed by atoms with Crippen LogP contribution in [0, 0.1) is 0 Å². The molecule has 116 valence electrons. The van der Waals surface area contributed by atoms with Crippen LogP contribution >= 0.6 is 0 Å². The van der Waals surface area contributed by atoms with E-state index in [0.717, 1.165) is 52.0 Å². The van der Waals surface area contributed by atoms with Gasteiger partial charge in [0.1, 0.15) is 0 Å². The zero-order valence-corrected chi connectivity index (χ0v) is 12.7. The van der Waals surface area contributed by atoms with Crippen molar-refractivity contribution in [3.05, 3.63) is 0 Å². The van der Waals surface area contributed by atoms with Crippen molar-refractivity contribution in [2.45, 2.75) is 63.6 Å². The molecule has 3 atom stereocenters. The molecule has 0 radical (unpaired) electrons. The summed E-state index contributed by atoms with van der Waals surface area (Å²) >= 11 is 0. The molecule has 3 unspecified atom stereocenters. The van der Waals surface area contributed by atoms with Crippen LogP contribution < -0.4 is 10.6 Å². The second-order valence-electron chi connectivity index (χ2n) is 6.10. The third-order valence-electron chi connectivity index (χ3n) is 4.36. The van der Waals surface area contributed by atoms with Gasteiger partial charge in [0, 0.05) is 44.7 Å². The Morgan fingerprint density at radius 3 is 3.00 bits per heavy atom. The van der Waals surface area contributed by atoms with Crippen molar-refractivity contribution in [1.29, 1.82) is 0 Å². The van der Waals surface area contributed by atoms with Gasteiger partial charge in [0.05, 0.1) is 12.2 Å². The minimum atomic E-state index is -0.0606. The first kappa shape index (κ1) is 15.7. The largest absolute Gasteiger partial charge is 0.378 e. The smallest absolute Gasteiger partial charge is 0.221 e. The topological polar surface area (TPSA) is 59.6 Å². The van der Waals surface area contributed by atoms with Gasteiger partial charge in [-0.1, -0.05) is 6.92 Å². The fraction of sp³-hybridized carbons (Fsp3) is 0.933. The average Bonchev–Trinajstić information content (AvgIpc) is 2.86. The minimum Gasteiger partial charge on any atom is -0.378 e. The molecule has 5 nitrogen and oxygen atoms in total. The molecule has 20 heavy (non-hydrogen) atoms. The molecule has 2 N–H and O–H groups in total. The van der Waals surface area contributed by atoms with Crippen LogP contribution in [0.1, 0.15) is 46.0 Å². The molecule has 0 aliphatic carbocycles. The lowest BCUT2D eigenvalue weighted by Crippen LogP contribution is -2.48. The number of rotatable bonds is 6. The third kappa shape index (κ3) is 4.43. The molecular weight excluding hydrogens is 256 g/mol. The van der Waals surface area contributed by atoms with Gasteiger partial charge in [0.2, 0.25) is 5.91 Å². The van der Waals surface area contributed by atoms with Gasteiger partial charge in [0.25, 0.3) is 0 Å². The van der Waals surface area contributed by atoms with Crippen molar-refractivity contribution in [2.75, 3.05) is 26.4 Å². The Hall–Kier alpha value is -0.650. The van der Waals surface area contributed by atoms with E-state index in [1.54, 1.807) is 0 Å². The fourth-order valence-electron chi connectivity index (χ4n) is 2.90. The zero-order chi connectivity index (χ0) is 14.4. The average molecular weight is 284 g/mol. The highest BCUT2D eigenvalue weighted by Crippen LogP contribution is 2.32. The van der Waals surface area contributed by atoms with Crippen molar-refractivity contribution in [2.24, 2.45) is 0 Å². The zero-order valence-electron chi connectivity index (χ0n) is 12.7. The molecule has 0 bridgehead atoms. The minimum absolute atomic E-state index is 0.0606. The van der Waals surface area contributed by atoms with Crippen LogP contribution in [-0.2, 0) is 14.3 Å². The molecule has 2 fully saturated rings. The van der Waals surface area contributed by atoms with Crippen LogP contribution in [-0.4, -0.2) is 50.0 Å². The van der Waals surface area contributed by atoms with Crippen LogP contribution in [0.4, 0.5) is 0 Å². The van der Waals surface area contributed by atoms with Crippen LogP contribution in [0.2, 0.25) is 0 Å². The van der Waals surface area contributed by atoms with Crippen molar-refractivity contribution >= 4 is 5.91 Å². The monoisotopic (exact) mass is 284 g/mol. The number of nitrogens with one attached hydrogen (secondary N) is 2. The first-order valence-electron chi connectivity index (χ1n) is 7.88. The second-order valence-corrected chi connectivity index (χ2v) is 6.10. The van der Waals surface area contributed by atoms with E-state index in [-0.39, 0.29) is 17.6 Å². The predicted molar refractivity (Wildman–Crippen MR) is 77.7 cm³/mol. The molecule has 1 amide bonds. The van der Waals surface area contributed by atoms with Gasteiger partial charge >= 0.3 is 0 Å². The Bertz CT molecular complexity index is 316. The molecule has 5 heteroatoms. The second kappa shape index (κ2) is 7.38. The van der Waals surface area contributed by atoms with Crippen LogP contribution in [0.3, 0.4) is 0 Å². The Morgan fingerprint density at radius 2 is 2.30 bits per heavy atom. The molecule has 0 aromatic rings. The maximum absolute atomic E-state index is 11.7. The van der Waals surface area contributed by atoms with Gasteiger partial charge in [0.15, 0.2) is 0 Å². The van der Waals surface area contributed by atoms with E-state index >= 15 is 0 Å². The lowest BCUT2D eigenvalue weighted by Gasteiger charge is -2.37. The van der Waals surface area contributed by atoms with E-state index in [9.17, 15) is 4.79 Å². The van der Waals surface area contributed by atoms with Crippen molar-refractivity contribution in [3.63, 3.8) is 0 Å². The Morgan fingerprint density at radius 1 is 1.45 bits per heavy atom. The van der Waals surface area contributed by atoms with Gasteiger partial charge in [-0.25, -0.2) is 0 Å². The first-order chi connectivity index (χ1) is 9.63. The molecule has 0 aromatic carbocycles. The summed E-state index contributed by atoms with van der Waals surface area (Å²) in [6.45, 7) is 7.18. The van der Waals surface area contributed by atoms with E-state index in [1.165, 1.54) is 0 Å². The molecule has 2 heterocycles. The van der Waals surface area contributed by atoms with Crippen molar-refractivity contribution < 1.29 is 14.3 Å². The lowest BCUT2D eigenvalue weighted by molar-refractivity contribution is -0.121. The van der Waals surface area contributed by atoms with E-state index in [4.69, 9.17) is 9.47 Å². The SMILES string of the molecule is CCC(C)NC(=O)CCNC1CCOC2(CCOC2)C1. The fourth-order valence-corrected chi connectivity index (χ4v) is 2.90. The molecule has 2 aliphatic rings. The van der Waals surface area contributed by atoms with Crippen LogP contribution in [0.25, 0.3) is 0 Å². The Balaban J connectivity index is 1.65. The standard InChI is InChI=1S/C15H28N2O3/c1-3-12(2)17-14(18)4-7-16-13-5-8-20-15(10-13)6-9-19-11-15/h12-13,16H,3-11H2,1-2H3,(H,17,18). The van der Waals surface area contributed by atoms with Gasteiger partial charge in [-0.2, -0.15) is 0 Å². The summed E-state index contributed by atoms with van der Waals surface area (Å²) in [7, 11) is 0. The van der Waals surface area contributed by atoms with Gasteiger partial charge in [-0.3, -0.25) is 4.79 Å². The summed E-state index contributed by atoms with van der Waals surface area (Å²) < 4.78 is 11.4. The van der Waals surface area contributed by atoms with E-state index in [1.807, 2.05) is 6.92 Å². The first-order valence-corrected chi connectivity index (χ1v) is 7.88. The molecule has 1 spiro atoms. The summed E-state index contributed by atoms with van der Waals surface area (Å²) in [6, 6.07) is 0.714. The number of carbonyl (C=O) groups excluding carboxylic acids is 1. The summed E-state index contributed by atoms with van der Waals surface area (Å²) in [5, 5.41) is 6.49. The molecule has 0 saturated carbocycles. The van der Waals surface area contributed by atoms with Crippen molar-refractivity contribution in [1.82, 2.24) is 10.6 Å². The lowest BCUT2D eigenvalue weighted by atomic mass is 9.89. The van der Waals surface area contributed by atoms with Crippen molar-refractivity contribution in [3.8, 4) is 0 Å². The van der Waals surface area contributed by atoms with Crippen LogP contribution in [0.5, 0.6) is 0 Å². The third-order valence-corrected chi connectivity index (χ3v) is 4.36. The molecule has 2 saturated heterocycles. The Kier molecular flexibility index (Phi) is 5.81. The summed E-state index contributed by atoms with van der Waals surface area (Å²) in [5.41, 5.74) is -0.0606. The molecule has 0 aromatic heterocycles. The van der Waals surface area contributed by atoms with E-state index in [0.29, 0.717) is 12.5 Å². The quantitative estimate of drug-likeness (QED) is 0.770. The highest BCUT2D eigenvalue weighted by molar-refractivity contribution is 5.76. The van der Waals surface area contributed by atoms with Gasteiger partial charge in [-0.15, -0.1) is 0 Å². The normalized spacial score (nSPS) is 31.4. The molecule has 2 rings (SSSR count). The number of hydrogen-bond donors (Lipinski definition) is 2. The van der Waals surface area contributed by atoms with Gasteiger partial charge in [-0.05, 0) is 26.2 Å². The van der Waals surface area contributed by atoms with E-state index in [2.05, 4.69) is 17.6 Å². The van der Waals surface area contributed by atoms with E-state index < -0.39 is 0 Å². The predicted octanol–water partition coefficient (Wildman–Crippen LogP) is 1.22. The highest BCUT2D eigenvalue weighted by Gasteiger charge is 2.40. The number of carbonyl (C=O) groups is 1. The number of amides is 1. The Labute approximate surface area is 121 Å². The highest BCUT2D eigenvalue weighted by atomic mass is 16.6. The number of ether oxygens (including phenoxy) is 2.